The van der Waals surface area contributed by atoms with Gasteiger partial charge in [0, 0.05) is 5.56 Å². The molecular formula is C11H10N4O3. The van der Waals surface area contributed by atoms with Crippen molar-refractivity contribution in [1.82, 2.24) is 15.0 Å². The Morgan fingerprint density at radius 1 is 1.28 bits per heavy atom. The van der Waals surface area contributed by atoms with Gasteiger partial charge >= 0.3 is 5.97 Å². The first-order valence-electron chi connectivity index (χ1n) is 5.08. The summed E-state index contributed by atoms with van der Waals surface area (Å²) in [7, 11) is 0. The molecule has 0 saturated carbocycles. The lowest BCUT2D eigenvalue weighted by Gasteiger charge is -2.01. The van der Waals surface area contributed by atoms with Gasteiger partial charge in [-0.3, -0.25) is 4.79 Å². The first-order chi connectivity index (χ1) is 8.56. The van der Waals surface area contributed by atoms with Gasteiger partial charge in [-0.25, -0.2) is 9.48 Å². The highest BCUT2D eigenvalue weighted by atomic mass is 16.4. The quantitative estimate of drug-likeness (QED) is 0.796. The van der Waals surface area contributed by atoms with Crippen molar-refractivity contribution in [2.75, 3.05) is 0 Å². The minimum Gasteiger partial charge on any atom is -0.476 e. The molecule has 0 fully saturated rings. The number of hydrogen-bond donors (Lipinski definition) is 2. The Kier molecular flexibility index (Phi) is 3.05. The van der Waals surface area contributed by atoms with E-state index in [4.69, 9.17) is 10.8 Å². The normalized spacial score (nSPS) is 10.2. The van der Waals surface area contributed by atoms with Gasteiger partial charge in [-0.15, -0.1) is 5.10 Å². The highest BCUT2D eigenvalue weighted by molar-refractivity contribution is 5.92. The molecule has 0 atom stereocenters. The van der Waals surface area contributed by atoms with Crippen LogP contribution >= 0.6 is 0 Å². The molecule has 1 aromatic heterocycles. The molecule has 0 saturated heterocycles. The standard InChI is InChI=1S/C11H10N4O3/c12-10(16)8-3-1-7(2-4-8)5-15-6-9(11(17)18)13-14-15/h1-4,6H,5H2,(H2,12,16)(H,17,18). The van der Waals surface area contributed by atoms with Crippen molar-refractivity contribution in [3.63, 3.8) is 0 Å². The molecule has 18 heavy (non-hydrogen) atoms. The second-order valence-electron chi connectivity index (χ2n) is 3.67. The second-order valence-corrected chi connectivity index (χ2v) is 3.67. The lowest BCUT2D eigenvalue weighted by Crippen LogP contribution is -2.10. The number of carbonyl (C=O) groups is 2. The molecule has 0 aliphatic heterocycles. The third-order valence-electron chi connectivity index (χ3n) is 2.34. The Morgan fingerprint density at radius 3 is 2.44 bits per heavy atom. The van der Waals surface area contributed by atoms with E-state index in [9.17, 15) is 9.59 Å². The lowest BCUT2D eigenvalue weighted by molar-refractivity contribution is 0.0690. The van der Waals surface area contributed by atoms with Crippen LogP contribution in [0.1, 0.15) is 26.4 Å². The van der Waals surface area contributed by atoms with E-state index in [0.717, 1.165) is 5.56 Å². The number of amides is 1. The van der Waals surface area contributed by atoms with Crippen LogP contribution < -0.4 is 5.73 Å². The van der Waals surface area contributed by atoms with E-state index in [1.165, 1.54) is 10.9 Å². The van der Waals surface area contributed by atoms with Gasteiger partial charge in [0.2, 0.25) is 5.91 Å². The van der Waals surface area contributed by atoms with Gasteiger partial charge < -0.3 is 10.8 Å². The average Bonchev–Trinajstić information content (AvgIpc) is 2.78. The monoisotopic (exact) mass is 246 g/mol. The Bertz CT molecular complexity index is 589. The summed E-state index contributed by atoms with van der Waals surface area (Å²) >= 11 is 0. The summed E-state index contributed by atoms with van der Waals surface area (Å²) in [5, 5.41) is 15.9. The van der Waals surface area contributed by atoms with E-state index in [2.05, 4.69) is 10.3 Å². The molecule has 3 N–H and O–H groups in total. The number of nitrogens with two attached hydrogens (primary N) is 1. The SMILES string of the molecule is NC(=O)c1ccc(Cn2cc(C(=O)O)nn2)cc1. The van der Waals surface area contributed by atoms with E-state index in [1.54, 1.807) is 24.3 Å². The van der Waals surface area contributed by atoms with Crippen molar-refractivity contribution >= 4 is 11.9 Å². The molecule has 0 bridgehead atoms. The first-order valence-corrected chi connectivity index (χ1v) is 5.08. The molecule has 0 spiro atoms. The summed E-state index contributed by atoms with van der Waals surface area (Å²) in [5.74, 6) is -1.61. The zero-order chi connectivity index (χ0) is 13.1. The minimum absolute atomic E-state index is 0.108. The molecule has 2 rings (SSSR count). The van der Waals surface area contributed by atoms with Gasteiger partial charge in [-0.05, 0) is 17.7 Å². The number of rotatable bonds is 4. The van der Waals surface area contributed by atoms with E-state index in [1.807, 2.05) is 0 Å². The highest BCUT2D eigenvalue weighted by Crippen LogP contribution is 2.06. The molecule has 0 aliphatic rings. The van der Waals surface area contributed by atoms with Crippen molar-refractivity contribution in [3.8, 4) is 0 Å². The van der Waals surface area contributed by atoms with Gasteiger partial charge in [-0.2, -0.15) is 0 Å². The zero-order valence-corrected chi connectivity index (χ0v) is 9.28. The predicted octanol–water partition coefficient (Wildman–Crippen LogP) is 0.123. The number of benzene rings is 1. The summed E-state index contributed by atoms with van der Waals surface area (Å²) in [4.78, 5) is 21.5. The van der Waals surface area contributed by atoms with Crippen LogP contribution in [0.4, 0.5) is 0 Å². The molecule has 7 nitrogen and oxygen atoms in total. The number of carbonyl (C=O) groups excluding carboxylic acids is 1. The van der Waals surface area contributed by atoms with Gasteiger partial charge in [0.25, 0.3) is 0 Å². The molecule has 1 heterocycles. The fraction of sp³-hybridized carbons (Fsp3) is 0.0909. The largest absolute Gasteiger partial charge is 0.476 e. The number of carboxylic acid groups (broad SMARTS) is 1. The fourth-order valence-corrected chi connectivity index (χ4v) is 1.44. The molecule has 0 radical (unpaired) electrons. The van der Waals surface area contributed by atoms with Gasteiger partial charge in [0.05, 0.1) is 12.7 Å². The van der Waals surface area contributed by atoms with E-state index >= 15 is 0 Å². The molecule has 0 aliphatic carbocycles. The Labute approximate surface area is 102 Å². The number of carboxylic acids is 1. The van der Waals surface area contributed by atoms with Crippen LogP contribution in [0.25, 0.3) is 0 Å². The van der Waals surface area contributed by atoms with E-state index in [-0.39, 0.29) is 5.69 Å². The Morgan fingerprint density at radius 2 is 1.94 bits per heavy atom. The molecule has 92 valence electrons. The van der Waals surface area contributed by atoms with Gasteiger partial charge in [-0.1, -0.05) is 17.3 Å². The second kappa shape index (κ2) is 4.66. The van der Waals surface area contributed by atoms with Crippen LogP contribution in [-0.4, -0.2) is 32.0 Å². The van der Waals surface area contributed by atoms with Crippen molar-refractivity contribution in [2.45, 2.75) is 6.54 Å². The molecule has 2 aromatic rings. The van der Waals surface area contributed by atoms with Gasteiger partial charge in [0.15, 0.2) is 5.69 Å². The molecule has 1 amide bonds. The summed E-state index contributed by atoms with van der Waals surface area (Å²) in [6, 6.07) is 6.66. The summed E-state index contributed by atoms with van der Waals surface area (Å²) < 4.78 is 1.41. The first kappa shape index (κ1) is 11.8. The Hall–Kier alpha value is -2.70. The molecule has 7 heteroatoms. The summed E-state index contributed by atoms with van der Waals surface area (Å²) in [6.45, 7) is 0.374. The number of aromatic carboxylic acids is 1. The maximum atomic E-state index is 10.9. The highest BCUT2D eigenvalue weighted by Gasteiger charge is 2.08. The van der Waals surface area contributed by atoms with Crippen molar-refractivity contribution < 1.29 is 14.7 Å². The number of primary amides is 1. The van der Waals surface area contributed by atoms with Crippen LogP contribution in [0.15, 0.2) is 30.5 Å². The number of nitrogens with zero attached hydrogens (tertiary/aromatic N) is 3. The molecular weight excluding hydrogens is 236 g/mol. The lowest BCUT2D eigenvalue weighted by atomic mass is 10.1. The van der Waals surface area contributed by atoms with E-state index in [0.29, 0.717) is 12.1 Å². The summed E-state index contributed by atoms with van der Waals surface area (Å²) in [5.41, 5.74) is 6.30. The smallest absolute Gasteiger partial charge is 0.358 e. The fourth-order valence-electron chi connectivity index (χ4n) is 1.44. The zero-order valence-electron chi connectivity index (χ0n) is 9.28. The molecule has 0 unspecified atom stereocenters. The molecule has 1 aromatic carbocycles. The van der Waals surface area contributed by atoms with Crippen molar-refractivity contribution in [3.05, 3.63) is 47.3 Å². The number of aromatic nitrogens is 3. The third-order valence-corrected chi connectivity index (χ3v) is 2.34. The Balaban J connectivity index is 2.13. The summed E-state index contributed by atoms with van der Waals surface area (Å²) in [6.07, 6.45) is 1.34. The van der Waals surface area contributed by atoms with Crippen molar-refractivity contribution in [2.24, 2.45) is 5.73 Å². The third kappa shape index (κ3) is 2.51. The average molecular weight is 246 g/mol. The van der Waals surface area contributed by atoms with E-state index < -0.39 is 11.9 Å². The maximum Gasteiger partial charge on any atom is 0.358 e. The number of hydrogen-bond acceptors (Lipinski definition) is 4. The maximum absolute atomic E-state index is 10.9. The predicted molar refractivity (Wildman–Crippen MR) is 61.0 cm³/mol. The van der Waals surface area contributed by atoms with Crippen molar-refractivity contribution in [1.29, 1.82) is 0 Å². The van der Waals surface area contributed by atoms with Crippen LogP contribution in [0, 0.1) is 0 Å². The topological polar surface area (TPSA) is 111 Å². The van der Waals surface area contributed by atoms with Gasteiger partial charge in [0.1, 0.15) is 0 Å². The van der Waals surface area contributed by atoms with Crippen LogP contribution in [0.5, 0.6) is 0 Å². The van der Waals surface area contributed by atoms with Crippen LogP contribution in [0.3, 0.4) is 0 Å². The minimum atomic E-state index is -1.12. The van der Waals surface area contributed by atoms with Crippen LogP contribution in [0.2, 0.25) is 0 Å². The van der Waals surface area contributed by atoms with Crippen LogP contribution in [-0.2, 0) is 6.54 Å².